The summed E-state index contributed by atoms with van der Waals surface area (Å²) in [5.41, 5.74) is 1.57. The first-order valence-electron chi connectivity index (χ1n) is 8.49. The molecule has 3 aromatic rings. The zero-order valence-electron chi connectivity index (χ0n) is 14.8. The van der Waals surface area contributed by atoms with E-state index in [0.29, 0.717) is 21.2 Å². The molecule has 0 radical (unpaired) electrons. The lowest BCUT2D eigenvalue weighted by atomic mass is 10.0. The predicted octanol–water partition coefficient (Wildman–Crippen LogP) is 3.67. The molecule has 0 aliphatic carbocycles. The van der Waals surface area contributed by atoms with Crippen LogP contribution < -0.4 is 5.32 Å². The minimum Gasteiger partial charge on any atom is -0.337 e. The third-order valence-electron chi connectivity index (χ3n) is 4.35. The largest absolute Gasteiger partial charge is 0.337 e. The van der Waals surface area contributed by atoms with Crippen LogP contribution in [0.1, 0.15) is 15.4 Å². The monoisotopic (exact) mass is 426 g/mol. The third-order valence-corrected chi connectivity index (χ3v) is 5.67. The molecule has 1 saturated heterocycles. The highest BCUT2D eigenvalue weighted by molar-refractivity contribution is 7.17. The normalized spacial score (nSPS) is 13.3. The minimum absolute atomic E-state index is 0.0324. The molecule has 2 aromatic carbocycles. The molecule has 9 heteroatoms. The van der Waals surface area contributed by atoms with Crippen molar-refractivity contribution < 1.29 is 14.0 Å². The Morgan fingerprint density at radius 3 is 2.79 bits per heavy atom. The van der Waals surface area contributed by atoms with Crippen LogP contribution in [0.25, 0.3) is 21.7 Å². The molecule has 2 heterocycles. The van der Waals surface area contributed by atoms with Gasteiger partial charge >= 0.3 is 0 Å². The van der Waals surface area contributed by atoms with Crippen molar-refractivity contribution >= 4 is 34.8 Å². The van der Waals surface area contributed by atoms with Crippen LogP contribution in [0, 0.1) is 17.1 Å². The van der Waals surface area contributed by atoms with Gasteiger partial charge in [-0.3, -0.25) is 9.59 Å². The van der Waals surface area contributed by atoms with E-state index in [0.717, 1.165) is 16.9 Å². The molecule has 1 aromatic heterocycles. The lowest BCUT2D eigenvalue weighted by Gasteiger charge is -2.10. The molecule has 29 heavy (non-hydrogen) atoms. The summed E-state index contributed by atoms with van der Waals surface area (Å²) >= 11 is 7.27. The topological polar surface area (TPSA) is 86.1 Å². The van der Waals surface area contributed by atoms with Gasteiger partial charge in [-0.2, -0.15) is 5.26 Å². The Hall–Kier alpha value is -3.28. The van der Waals surface area contributed by atoms with E-state index < -0.39 is 5.82 Å². The second-order valence-corrected chi connectivity index (χ2v) is 7.71. The molecule has 0 spiro atoms. The van der Waals surface area contributed by atoms with Gasteiger partial charge in [0.25, 0.3) is 5.91 Å². The number of nitrogens with one attached hydrogen (secondary N) is 1. The highest BCUT2D eigenvalue weighted by Gasteiger charge is 2.28. The highest BCUT2D eigenvalue weighted by Crippen LogP contribution is 2.38. The van der Waals surface area contributed by atoms with Crippen LogP contribution in [-0.4, -0.2) is 34.9 Å². The summed E-state index contributed by atoms with van der Waals surface area (Å²) in [5, 5.41) is 12.4. The van der Waals surface area contributed by atoms with E-state index in [1.807, 2.05) is 12.1 Å². The number of carbonyl (C=O) groups excluding carboxylic acids is 2. The molecule has 1 aliphatic heterocycles. The Morgan fingerprint density at radius 2 is 2.10 bits per heavy atom. The number of amides is 2. The average molecular weight is 427 g/mol. The quantitative estimate of drug-likeness (QED) is 0.692. The maximum Gasteiger partial charge on any atom is 0.284 e. The van der Waals surface area contributed by atoms with Gasteiger partial charge in [-0.1, -0.05) is 23.7 Å². The number of benzene rings is 2. The number of hydrogen-bond donors (Lipinski definition) is 1. The lowest BCUT2D eigenvalue weighted by molar-refractivity contribution is -0.118. The summed E-state index contributed by atoms with van der Waals surface area (Å²) in [6, 6.07) is 13.0. The summed E-state index contributed by atoms with van der Waals surface area (Å²) in [7, 11) is 0. The van der Waals surface area contributed by atoms with Crippen LogP contribution in [-0.2, 0) is 4.79 Å². The number of aromatic nitrogens is 1. The molecule has 1 aliphatic rings. The number of hydrogen-bond acceptors (Lipinski definition) is 5. The first-order chi connectivity index (χ1) is 14.0. The maximum absolute atomic E-state index is 13.8. The molecule has 6 nitrogen and oxygen atoms in total. The predicted molar refractivity (Wildman–Crippen MR) is 107 cm³/mol. The number of nitrogens with zero attached hydrogens (tertiary/aromatic N) is 3. The molecule has 2 amide bonds. The van der Waals surface area contributed by atoms with E-state index in [2.05, 4.69) is 10.3 Å². The van der Waals surface area contributed by atoms with E-state index in [9.17, 15) is 14.0 Å². The van der Waals surface area contributed by atoms with Crippen molar-refractivity contribution in [3.63, 3.8) is 0 Å². The summed E-state index contributed by atoms with van der Waals surface area (Å²) in [6.07, 6.45) is 0. The molecule has 0 saturated carbocycles. The van der Waals surface area contributed by atoms with Gasteiger partial charge in [0.15, 0.2) is 5.01 Å². The molecule has 0 bridgehead atoms. The minimum atomic E-state index is -0.631. The maximum atomic E-state index is 13.8. The number of carbonyl (C=O) groups is 2. The average Bonchev–Trinajstić information content (AvgIpc) is 3.35. The molecule has 4 rings (SSSR count). The standard InChI is InChI=1S/C20H12ClFN4O2S/c21-14-3-1-2-12(7-14)18-17(11-4-5-15(22)13(6-11)8-23)25-19(29-18)20(28)26-9-16(27)24-10-26/h1-7H,9-10H2,(H,24,27). The summed E-state index contributed by atoms with van der Waals surface area (Å²) in [4.78, 5) is 30.7. The fourth-order valence-electron chi connectivity index (χ4n) is 2.94. The second-order valence-electron chi connectivity index (χ2n) is 6.27. The van der Waals surface area contributed by atoms with Crippen molar-refractivity contribution in [1.29, 1.82) is 5.26 Å². The Morgan fingerprint density at radius 1 is 1.28 bits per heavy atom. The van der Waals surface area contributed by atoms with E-state index >= 15 is 0 Å². The number of thiazole rings is 1. The van der Waals surface area contributed by atoms with E-state index in [1.54, 1.807) is 18.2 Å². The van der Waals surface area contributed by atoms with Crippen LogP contribution in [0.15, 0.2) is 42.5 Å². The van der Waals surface area contributed by atoms with E-state index in [4.69, 9.17) is 16.9 Å². The zero-order chi connectivity index (χ0) is 20.5. The van der Waals surface area contributed by atoms with Gasteiger partial charge in [-0.05, 0) is 35.9 Å². The Kier molecular flexibility index (Phi) is 5.01. The third kappa shape index (κ3) is 3.70. The van der Waals surface area contributed by atoms with Crippen molar-refractivity contribution in [3.05, 3.63) is 63.9 Å². The number of halogens is 2. The van der Waals surface area contributed by atoms with Gasteiger partial charge in [0.05, 0.1) is 22.8 Å². The molecule has 0 unspecified atom stereocenters. The van der Waals surface area contributed by atoms with Gasteiger partial charge < -0.3 is 10.2 Å². The first-order valence-corrected chi connectivity index (χ1v) is 9.68. The number of nitriles is 1. The first kappa shape index (κ1) is 19.1. The molecule has 1 fully saturated rings. The molecular formula is C20H12ClFN4O2S. The SMILES string of the molecule is N#Cc1cc(-c2nc(C(=O)N3CNC(=O)C3)sc2-c2cccc(Cl)c2)ccc1F. The van der Waals surface area contributed by atoms with Crippen LogP contribution >= 0.6 is 22.9 Å². The van der Waals surface area contributed by atoms with Crippen molar-refractivity contribution in [2.75, 3.05) is 13.2 Å². The zero-order valence-corrected chi connectivity index (χ0v) is 16.4. The van der Waals surface area contributed by atoms with Gasteiger partial charge in [0.2, 0.25) is 5.91 Å². The van der Waals surface area contributed by atoms with Crippen molar-refractivity contribution in [2.45, 2.75) is 0 Å². The highest BCUT2D eigenvalue weighted by atomic mass is 35.5. The molecule has 144 valence electrons. The van der Waals surface area contributed by atoms with Crippen molar-refractivity contribution in [1.82, 2.24) is 15.2 Å². The molecular weight excluding hydrogens is 415 g/mol. The van der Waals surface area contributed by atoms with Crippen LogP contribution in [0.2, 0.25) is 5.02 Å². The Labute approximate surface area is 174 Å². The van der Waals surface area contributed by atoms with Gasteiger partial charge in [-0.25, -0.2) is 9.37 Å². The summed E-state index contributed by atoms with van der Waals surface area (Å²) in [6.45, 7) is 0.0869. The Bertz CT molecular complexity index is 1190. The fourth-order valence-corrected chi connectivity index (χ4v) is 4.18. The van der Waals surface area contributed by atoms with Crippen molar-refractivity contribution in [2.24, 2.45) is 0 Å². The van der Waals surface area contributed by atoms with Gasteiger partial charge in [0, 0.05) is 10.6 Å². The van der Waals surface area contributed by atoms with E-state index in [1.165, 1.54) is 23.1 Å². The van der Waals surface area contributed by atoms with Crippen molar-refractivity contribution in [3.8, 4) is 27.8 Å². The van der Waals surface area contributed by atoms with E-state index in [-0.39, 0.29) is 35.6 Å². The molecule has 1 N–H and O–H groups in total. The van der Waals surface area contributed by atoms with Gasteiger partial charge in [0.1, 0.15) is 18.4 Å². The lowest BCUT2D eigenvalue weighted by Crippen LogP contribution is -2.29. The fraction of sp³-hybridized carbons (Fsp3) is 0.100. The van der Waals surface area contributed by atoms with Crippen LogP contribution in [0.3, 0.4) is 0 Å². The van der Waals surface area contributed by atoms with Crippen LogP contribution in [0.5, 0.6) is 0 Å². The summed E-state index contributed by atoms with van der Waals surface area (Å²) < 4.78 is 13.8. The Balaban J connectivity index is 1.84. The number of rotatable bonds is 3. The van der Waals surface area contributed by atoms with Gasteiger partial charge in [-0.15, -0.1) is 11.3 Å². The summed E-state index contributed by atoms with van der Waals surface area (Å²) in [5.74, 6) is -1.25. The smallest absolute Gasteiger partial charge is 0.284 e. The van der Waals surface area contributed by atoms with Crippen LogP contribution in [0.4, 0.5) is 4.39 Å². The molecule has 0 atom stereocenters. The second kappa shape index (κ2) is 7.62.